The van der Waals surface area contributed by atoms with Crippen LogP contribution in [0.25, 0.3) is 6.08 Å². The van der Waals surface area contributed by atoms with Crippen molar-refractivity contribution < 1.29 is 14.3 Å². The van der Waals surface area contributed by atoms with Gasteiger partial charge in [0.2, 0.25) is 12.7 Å². The molecular weight excluding hydrogens is 368 g/mol. The minimum Gasteiger partial charge on any atom is -0.454 e. The quantitative estimate of drug-likeness (QED) is 0.790. The summed E-state index contributed by atoms with van der Waals surface area (Å²) < 4.78 is 10.6. The van der Waals surface area contributed by atoms with E-state index in [1.807, 2.05) is 18.2 Å². The normalized spacial score (nSPS) is 16.0. The summed E-state index contributed by atoms with van der Waals surface area (Å²) in [5, 5.41) is 12.2. The molecule has 0 atom stereocenters. The number of anilines is 1. The van der Waals surface area contributed by atoms with Gasteiger partial charge in [-0.05, 0) is 54.7 Å². The van der Waals surface area contributed by atoms with E-state index in [0.29, 0.717) is 23.8 Å². The highest BCUT2D eigenvalue weighted by molar-refractivity contribution is 5.91. The Morgan fingerprint density at radius 1 is 1.28 bits per heavy atom. The molecular formula is C22H22N4O3. The van der Waals surface area contributed by atoms with Gasteiger partial charge in [0.1, 0.15) is 11.9 Å². The van der Waals surface area contributed by atoms with Crippen LogP contribution in [0.1, 0.15) is 24.0 Å². The van der Waals surface area contributed by atoms with E-state index in [2.05, 4.69) is 21.3 Å². The Morgan fingerprint density at radius 2 is 2.10 bits per heavy atom. The van der Waals surface area contributed by atoms with Crippen molar-refractivity contribution in [3.63, 3.8) is 0 Å². The largest absolute Gasteiger partial charge is 0.454 e. The van der Waals surface area contributed by atoms with E-state index in [-0.39, 0.29) is 12.7 Å². The number of fused-ring (bicyclic) bond motifs is 1. The Labute approximate surface area is 169 Å². The van der Waals surface area contributed by atoms with E-state index in [0.717, 1.165) is 43.1 Å². The van der Waals surface area contributed by atoms with Gasteiger partial charge in [-0.15, -0.1) is 0 Å². The van der Waals surface area contributed by atoms with Crippen LogP contribution in [-0.2, 0) is 4.79 Å². The summed E-state index contributed by atoms with van der Waals surface area (Å²) in [6.07, 6.45) is 6.93. The Morgan fingerprint density at radius 3 is 2.93 bits per heavy atom. The maximum Gasteiger partial charge on any atom is 0.244 e. The lowest BCUT2D eigenvalue weighted by molar-refractivity contribution is -0.116. The lowest BCUT2D eigenvalue weighted by atomic mass is 9.96. The van der Waals surface area contributed by atoms with Gasteiger partial charge in [-0.25, -0.2) is 4.98 Å². The summed E-state index contributed by atoms with van der Waals surface area (Å²) in [7, 11) is 0. The molecule has 7 nitrogen and oxygen atoms in total. The second kappa shape index (κ2) is 8.65. The maximum atomic E-state index is 12.2. The number of nitrogens with one attached hydrogen (secondary N) is 1. The maximum absolute atomic E-state index is 12.2. The average molecular weight is 390 g/mol. The van der Waals surface area contributed by atoms with Crippen molar-refractivity contribution in [2.75, 3.05) is 31.3 Å². The third-order valence-electron chi connectivity index (χ3n) is 5.21. The average Bonchev–Trinajstić information content (AvgIpc) is 3.24. The molecule has 4 rings (SSSR count). The molecule has 2 aliphatic rings. The Hall–Kier alpha value is -3.53. The second-order valence-electron chi connectivity index (χ2n) is 7.11. The predicted octanol–water partition coefficient (Wildman–Crippen LogP) is 2.73. The number of hydrogen-bond donors (Lipinski definition) is 1. The fourth-order valence-electron chi connectivity index (χ4n) is 3.58. The summed E-state index contributed by atoms with van der Waals surface area (Å²) >= 11 is 0. The first kappa shape index (κ1) is 18.8. The lowest BCUT2D eigenvalue weighted by Gasteiger charge is -2.33. The van der Waals surface area contributed by atoms with Gasteiger partial charge in [-0.2, -0.15) is 5.26 Å². The van der Waals surface area contributed by atoms with Crippen LogP contribution in [0.2, 0.25) is 0 Å². The Bertz CT molecular complexity index is 959. The highest BCUT2D eigenvalue weighted by atomic mass is 16.7. The molecule has 1 fully saturated rings. The number of rotatable bonds is 5. The number of ether oxygens (including phenoxy) is 2. The number of amides is 1. The van der Waals surface area contributed by atoms with Crippen LogP contribution in [0.15, 0.2) is 42.6 Å². The first-order valence-corrected chi connectivity index (χ1v) is 9.68. The molecule has 1 amide bonds. The number of hydrogen-bond acceptors (Lipinski definition) is 6. The van der Waals surface area contributed by atoms with Crippen LogP contribution >= 0.6 is 0 Å². The van der Waals surface area contributed by atoms with E-state index in [4.69, 9.17) is 9.47 Å². The zero-order valence-electron chi connectivity index (χ0n) is 16.0. The molecule has 29 heavy (non-hydrogen) atoms. The summed E-state index contributed by atoms with van der Waals surface area (Å²) in [4.78, 5) is 18.7. The molecule has 1 saturated heterocycles. The highest BCUT2D eigenvalue weighted by Crippen LogP contribution is 2.32. The molecule has 0 aliphatic carbocycles. The van der Waals surface area contributed by atoms with Crippen molar-refractivity contribution >= 4 is 17.8 Å². The second-order valence-corrected chi connectivity index (χ2v) is 7.11. The number of pyridine rings is 1. The van der Waals surface area contributed by atoms with E-state index < -0.39 is 0 Å². The molecule has 0 spiro atoms. The minimum absolute atomic E-state index is 0.110. The molecule has 0 saturated carbocycles. The number of nitrogens with zero attached hydrogens (tertiary/aromatic N) is 3. The summed E-state index contributed by atoms with van der Waals surface area (Å²) in [6.45, 7) is 2.55. The minimum atomic E-state index is -0.110. The van der Waals surface area contributed by atoms with Gasteiger partial charge in [-0.3, -0.25) is 4.79 Å². The third kappa shape index (κ3) is 4.49. The number of piperidine rings is 1. The monoisotopic (exact) mass is 390 g/mol. The molecule has 1 N–H and O–H groups in total. The van der Waals surface area contributed by atoms with Gasteiger partial charge in [-0.1, -0.05) is 6.07 Å². The number of carbonyl (C=O) groups is 1. The standard InChI is InChI=1S/C22H22N4O3/c23-13-18-2-1-9-24-22(18)26-10-7-17(8-11-26)14-25-21(27)6-4-16-3-5-19-20(12-16)29-15-28-19/h1-6,9,12,17H,7-8,10-11,14-15H2,(H,25,27)/b6-4+. The van der Waals surface area contributed by atoms with Gasteiger partial charge in [0.15, 0.2) is 11.5 Å². The molecule has 0 bridgehead atoms. The SMILES string of the molecule is N#Cc1cccnc1N1CCC(CNC(=O)/C=C/c2ccc3c(c2)OCO3)CC1. The number of carbonyl (C=O) groups excluding carboxylic acids is 1. The van der Waals surface area contributed by atoms with Crippen LogP contribution in [0.3, 0.4) is 0 Å². The number of benzene rings is 1. The van der Waals surface area contributed by atoms with E-state index in [1.165, 1.54) is 0 Å². The van der Waals surface area contributed by atoms with Gasteiger partial charge < -0.3 is 19.7 Å². The number of nitriles is 1. The molecule has 2 aliphatic heterocycles. The zero-order chi connectivity index (χ0) is 20.1. The van der Waals surface area contributed by atoms with Crippen LogP contribution in [0.4, 0.5) is 5.82 Å². The Balaban J connectivity index is 1.24. The van der Waals surface area contributed by atoms with Crippen LogP contribution in [-0.4, -0.2) is 37.3 Å². The van der Waals surface area contributed by atoms with Crippen molar-refractivity contribution in [2.45, 2.75) is 12.8 Å². The smallest absolute Gasteiger partial charge is 0.244 e. The first-order chi connectivity index (χ1) is 14.2. The summed E-state index contributed by atoms with van der Waals surface area (Å²) in [5.41, 5.74) is 1.49. The van der Waals surface area contributed by atoms with E-state index in [9.17, 15) is 10.1 Å². The molecule has 1 aromatic carbocycles. The third-order valence-corrected chi connectivity index (χ3v) is 5.21. The van der Waals surface area contributed by atoms with Crippen molar-refractivity contribution in [2.24, 2.45) is 5.92 Å². The van der Waals surface area contributed by atoms with E-state index >= 15 is 0 Å². The lowest BCUT2D eigenvalue weighted by Crippen LogP contribution is -2.39. The van der Waals surface area contributed by atoms with Crippen molar-refractivity contribution in [3.8, 4) is 17.6 Å². The molecule has 3 heterocycles. The van der Waals surface area contributed by atoms with Gasteiger partial charge in [0, 0.05) is 31.9 Å². The summed E-state index contributed by atoms with van der Waals surface area (Å²) in [5.74, 6) is 2.49. The van der Waals surface area contributed by atoms with Crippen LogP contribution < -0.4 is 19.7 Å². The highest BCUT2D eigenvalue weighted by Gasteiger charge is 2.22. The van der Waals surface area contributed by atoms with Crippen LogP contribution in [0, 0.1) is 17.2 Å². The van der Waals surface area contributed by atoms with Crippen molar-refractivity contribution in [1.82, 2.24) is 10.3 Å². The topological polar surface area (TPSA) is 87.5 Å². The molecule has 2 aromatic rings. The fraction of sp³-hybridized carbons (Fsp3) is 0.318. The molecule has 0 unspecified atom stereocenters. The van der Waals surface area contributed by atoms with Gasteiger partial charge in [0.05, 0.1) is 5.56 Å². The van der Waals surface area contributed by atoms with Gasteiger partial charge in [0.25, 0.3) is 0 Å². The van der Waals surface area contributed by atoms with Crippen LogP contribution in [0.5, 0.6) is 11.5 Å². The first-order valence-electron chi connectivity index (χ1n) is 9.68. The molecule has 0 radical (unpaired) electrons. The molecule has 1 aromatic heterocycles. The zero-order valence-corrected chi connectivity index (χ0v) is 16.0. The van der Waals surface area contributed by atoms with Gasteiger partial charge >= 0.3 is 0 Å². The fourth-order valence-corrected chi connectivity index (χ4v) is 3.58. The summed E-state index contributed by atoms with van der Waals surface area (Å²) in [6, 6.07) is 11.4. The predicted molar refractivity (Wildman–Crippen MR) is 108 cm³/mol. The molecule has 7 heteroatoms. The van der Waals surface area contributed by atoms with E-state index in [1.54, 1.807) is 30.5 Å². The van der Waals surface area contributed by atoms with Crippen molar-refractivity contribution in [1.29, 1.82) is 5.26 Å². The Kier molecular flexibility index (Phi) is 5.61. The number of aromatic nitrogens is 1. The molecule has 148 valence electrons. The van der Waals surface area contributed by atoms with Crippen molar-refractivity contribution in [3.05, 3.63) is 53.7 Å².